The number of benzene rings is 1. The summed E-state index contributed by atoms with van der Waals surface area (Å²) >= 11 is 0. The fourth-order valence-electron chi connectivity index (χ4n) is 3.76. The molecule has 29 heavy (non-hydrogen) atoms. The predicted octanol–water partition coefficient (Wildman–Crippen LogP) is 1.55. The number of fused-ring (bicyclic) bond motifs is 1. The lowest BCUT2D eigenvalue weighted by atomic mass is 10.1. The maximum absolute atomic E-state index is 13.2. The number of amides is 3. The SMILES string of the molecule is COC(=O)c1cc2n(n1)CCCN(C(=O)c1ccc(C)c(N3CCNC3=O)c1)C2. The van der Waals surface area contributed by atoms with Crippen LogP contribution < -0.4 is 10.2 Å². The highest BCUT2D eigenvalue weighted by Gasteiger charge is 2.26. The first kappa shape index (κ1) is 19.0. The number of aryl methyl sites for hydroxylation is 2. The standard InChI is InChI=1S/C20H23N5O4/c1-13-4-5-14(10-17(13)24-9-6-21-20(24)28)18(26)23-7-3-8-25-15(12-23)11-16(22-25)19(27)29-2/h4-5,10-11H,3,6-9,12H2,1-2H3,(H,21,28). The van der Waals surface area contributed by atoms with E-state index in [1.54, 1.807) is 32.7 Å². The average molecular weight is 397 g/mol. The summed E-state index contributed by atoms with van der Waals surface area (Å²) in [5, 5.41) is 7.07. The van der Waals surface area contributed by atoms with Crippen LogP contribution in [0.5, 0.6) is 0 Å². The highest BCUT2D eigenvalue weighted by molar-refractivity contribution is 5.99. The van der Waals surface area contributed by atoms with Crippen LogP contribution in [0.1, 0.15) is 38.5 Å². The molecule has 2 aliphatic heterocycles. The van der Waals surface area contributed by atoms with E-state index in [4.69, 9.17) is 4.74 Å². The molecule has 2 aromatic rings. The molecule has 0 bridgehead atoms. The van der Waals surface area contributed by atoms with Crippen molar-refractivity contribution in [1.82, 2.24) is 20.0 Å². The molecule has 0 radical (unpaired) electrons. The predicted molar refractivity (Wildman–Crippen MR) is 105 cm³/mol. The highest BCUT2D eigenvalue weighted by atomic mass is 16.5. The van der Waals surface area contributed by atoms with Gasteiger partial charge in [-0.3, -0.25) is 14.4 Å². The van der Waals surface area contributed by atoms with E-state index in [0.29, 0.717) is 38.3 Å². The Hall–Kier alpha value is -3.36. The smallest absolute Gasteiger partial charge is 0.358 e. The molecule has 0 aliphatic carbocycles. The molecule has 1 N–H and O–H groups in total. The molecule has 3 heterocycles. The molecule has 1 fully saturated rings. The van der Waals surface area contributed by atoms with Crippen molar-refractivity contribution in [1.29, 1.82) is 0 Å². The van der Waals surface area contributed by atoms with Crippen LogP contribution in [0.4, 0.5) is 10.5 Å². The van der Waals surface area contributed by atoms with Crippen molar-refractivity contribution in [2.75, 3.05) is 31.6 Å². The summed E-state index contributed by atoms with van der Waals surface area (Å²) in [6.07, 6.45) is 0.730. The van der Waals surface area contributed by atoms with Crippen LogP contribution in [0.25, 0.3) is 0 Å². The van der Waals surface area contributed by atoms with Gasteiger partial charge in [-0.2, -0.15) is 5.10 Å². The molecule has 4 rings (SSSR count). The van der Waals surface area contributed by atoms with Crippen molar-refractivity contribution < 1.29 is 19.1 Å². The van der Waals surface area contributed by atoms with Gasteiger partial charge in [-0.25, -0.2) is 9.59 Å². The minimum Gasteiger partial charge on any atom is -0.464 e. The molecule has 9 nitrogen and oxygen atoms in total. The fourth-order valence-corrected chi connectivity index (χ4v) is 3.76. The van der Waals surface area contributed by atoms with Gasteiger partial charge in [0.2, 0.25) is 0 Å². The summed E-state index contributed by atoms with van der Waals surface area (Å²) in [4.78, 5) is 40.4. The Kier molecular flexibility index (Phi) is 4.96. The molecule has 1 saturated heterocycles. The minimum atomic E-state index is -0.490. The molecule has 9 heteroatoms. The number of carbonyl (C=O) groups is 3. The van der Waals surface area contributed by atoms with E-state index in [2.05, 4.69) is 10.4 Å². The molecule has 0 spiro atoms. The zero-order valence-corrected chi connectivity index (χ0v) is 16.5. The summed E-state index contributed by atoms with van der Waals surface area (Å²) in [6.45, 7) is 4.67. The van der Waals surface area contributed by atoms with Crippen LogP contribution in [0, 0.1) is 6.92 Å². The molecule has 0 unspecified atom stereocenters. The number of methoxy groups -OCH3 is 1. The topological polar surface area (TPSA) is 96.8 Å². The third-order valence-corrected chi connectivity index (χ3v) is 5.30. The second-order valence-corrected chi connectivity index (χ2v) is 7.20. The first-order valence-corrected chi connectivity index (χ1v) is 9.58. The van der Waals surface area contributed by atoms with Crippen LogP contribution >= 0.6 is 0 Å². The molecule has 3 amide bonds. The number of carbonyl (C=O) groups excluding carboxylic acids is 3. The molecule has 0 atom stereocenters. The molecule has 1 aromatic carbocycles. The summed E-state index contributed by atoms with van der Waals surface area (Å²) in [5.74, 6) is -0.601. The van der Waals surface area contributed by atoms with Gasteiger partial charge in [0, 0.05) is 37.4 Å². The monoisotopic (exact) mass is 397 g/mol. The van der Waals surface area contributed by atoms with Gasteiger partial charge >= 0.3 is 12.0 Å². The first-order chi connectivity index (χ1) is 14.0. The largest absolute Gasteiger partial charge is 0.464 e. The van der Waals surface area contributed by atoms with Crippen molar-refractivity contribution >= 4 is 23.6 Å². The highest BCUT2D eigenvalue weighted by Crippen LogP contribution is 2.25. The summed E-state index contributed by atoms with van der Waals surface area (Å²) in [6, 6.07) is 6.96. The lowest BCUT2D eigenvalue weighted by molar-refractivity contribution is 0.0592. The zero-order chi connectivity index (χ0) is 20.5. The number of nitrogens with zero attached hydrogens (tertiary/aromatic N) is 4. The first-order valence-electron chi connectivity index (χ1n) is 9.58. The summed E-state index contributed by atoms with van der Waals surface area (Å²) in [5.41, 5.74) is 3.26. The van der Waals surface area contributed by atoms with Crippen LogP contribution in [-0.2, 0) is 17.8 Å². The van der Waals surface area contributed by atoms with Crippen molar-refractivity contribution in [3.63, 3.8) is 0 Å². The van der Waals surface area contributed by atoms with E-state index in [-0.39, 0.29) is 17.6 Å². The van der Waals surface area contributed by atoms with Crippen LogP contribution in [0.2, 0.25) is 0 Å². The Morgan fingerprint density at radius 1 is 1.17 bits per heavy atom. The Bertz CT molecular complexity index is 983. The maximum atomic E-state index is 13.2. The summed E-state index contributed by atoms with van der Waals surface area (Å²) in [7, 11) is 1.32. The van der Waals surface area contributed by atoms with Gasteiger partial charge in [-0.1, -0.05) is 6.07 Å². The van der Waals surface area contributed by atoms with Crippen molar-refractivity contribution in [2.45, 2.75) is 26.4 Å². The number of ether oxygens (including phenoxy) is 1. The maximum Gasteiger partial charge on any atom is 0.358 e. The van der Waals surface area contributed by atoms with Gasteiger partial charge in [0.15, 0.2) is 5.69 Å². The van der Waals surface area contributed by atoms with Crippen LogP contribution in [0.3, 0.4) is 0 Å². The molecular formula is C20H23N5O4. The molecule has 1 aromatic heterocycles. The quantitative estimate of drug-likeness (QED) is 0.793. The Morgan fingerprint density at radius 2 is 2.00 bits per heavy atom. The van der Waals surface area contributed by atoms with Gasteiger partial charge < -0.3 is 15.0 Å². The van der Waals surface area contributed by atoms with Crippen molar-refractivity contribution in [2.24, 2.45) is 0 Å². The van der Waals surface area contributed by atoms with Gasteiger partial charge in [0.1, 0.15) is 0 Å². The normalized spacial score (nSPS) is 16.3. The summed E-state index contributed by atoms with van der Waals surface area (Å²) < 4.78 is 6.50. The lowest BCUT2D eigenvalue weighted by Crippen LogP contribution is -2.32. The van der Waals surface area contributed by atoms with Gasteiger partial charge in [-0.05, 0) is 37.1 Å². The van der Waals surface area contributed by atoms with E-state index < -0.39 is 5.97 Å². The van der Waals surface area contributed by atoms with Gasteiger partial charge in [-0.15, -0.1) is 0 Å². The van der Waals surface area contributed by atoms with Gasteiger partial charge in [0.05, 0.1) is 19.3 Å². The van der Waals surface area contributed by atoms with E-state index in [1.165, 1.54) is 7.11 Å². The molecule has 2 aliphatic rings. The van der Waals surface area contributed by atoms with Crippen molar-refractivity contribution in [3.8, 4) is 0 Å². The minimum absolute atomic E-state index is 0.111. The third kappa shape index (κ3) is 3.55. The number of hydrogen-bond acceptors (Lipinski definition) is 5. The number of esters is 1. The lowest BCUT2D eigenvalue weighted by Gasteiger charge is -2.22. The van der Waals surface area contributed by atoms with E-state index in [1.807, 2.05) is 13.0 Å². The molecular weight excluding hydrogens is 374 g/mol. The average Bonchev–Trinajstić information content (AvgIpc) is 3.27. The number of rotatable bonds is 3. The molecule has 0 saturated carbocycles. The Morgan fingerprint density at radius 3 is 2.72 bits per heavy atom. The number of urea groups is 1. The number of hydrogen-bond donors (Lipinski definition) is 1. The van der Waals surface area contributed by atoms with Gasteiger partial charge in [0.25, 0.3) is 5.91 Å². The van der Waals surface area contributed by atoms with Crippen molar-refractivity contribution in [3.05, 3.63) is 46.8 Å². The van der Waals surface area contributed by atoms with E-state index in [9.17, 15) is 14.4 Å². The Labute approximate surface area is 168 Å². The third-order valence-electron chi connectivity index (χ3n) is 5.30. The Balaban J connectivity index is 1.59. The van der Waals surface area contributed by atoms with Crippen LogP contribution in [-0.4, -0.2) is 59.3 Å². The number of aromatic nitrogens is 2. The number of nitrogens with one attached hydrogen (secondary N) is 1. The zero-order valence-electron chi connectivity index (χ0n) is 16.5. The second kappa shape index (κ2) is 7.57. The van der Waals surface area contributed by atoms with Crippen LogP contribution in [0.15, 0.2) is 24.3 Å². The van der Waals surface area contributed by atoms with E-state index in [0.717, 1.165) is 23.4 Å². The second-order valence-electron chi connectivity index (χ2n) is 7.20. The fraction of sp³-hybridized carbons (Fsp3) is 0.400. The number of anilines is 1. The van der Waals surface area contributed by atoms with E-state index >= 15 is 0 Å². The molecule has 152 valence electrons.